The highest BCUT2D eigenvalue weighted by atomic mass is 32.1. The van der Waals surface area contributed by atoms with Crippen LogP contribution in [0.1, 0.15) is 29.1 Å². The van der Waals surface area contributed by atoms with Crippen LogP contribution in [0.2, 0.25) is 0 Å². The molecule has 6 heteroatoms. The van der Waals surface area contributed by atoms with E-state index in [1.54, 1.807) is 29.5 Å². The van der Waals surface area contributed by atoms with Gasteiger partial charge < -0.3 is 10.1 Å². The lowest BCUT2D eigenvalue weighted by Crippen LogP contribution is -2.38. The summed E-state index contributed by atoms with van der Waals surface area (Å²) in [5.41, 5.74) is 0.480. The lowest BCUT2D eigenvalue weighted by atomic mass is 10.2. The van der Waals surface area contributed by atoms with E-state index in [2.05, 4.69) is 24.5 Å². The fourth-order valence-corrected chi connectivity index (χ4v) is 2.64. The number of thiophene rings is 1. The largest absolute Gasteiger partial charge is 0.492 e. The van der Waals surface area contributed by atoms with Crippen LogP contribution < -0.4 is 15.4 Å². The van der Waals surface area contributed by atoms with Gasteiger partial charge >= 0.3 is 0 Å². The molecule has 0 aliphatic heterocycles. The first kappa shape index (κ1) is 17.4. The molecule has 0 aliphatic carbocycles. The summed E-state index contributed by atoms with van der Waals surface area (Å²) in [6.07, 6.45) is 0. The molecule has 1 aromatic heterocycles. The number of hydrogen-bond donors (Lipinski definition) is 2. The van der Waals surface area contributed by atoms with Gasteiger partial charge in [0.25, 0.3) is 5.91 Å². The molecular weight excluding hydrogens is 328 g/mol. The SMILES string of the molecule is CC(C)COc1ccccc1C(=O)NC(=S)NCc1cccs1. The number of nitrogens with one attached hydrogen (secondary N) is 2. The normalized spacial score (nSPS) is 10.4. The van der Waals surface area contributed by atoms with Gasteiger partial charge in [-0.3, -0.25) is 10.1 Å². The van der Waals surface area contributed by atoms with Crippen molar-refractivity contribution >= 4 is 34.6 Å². The molecule has 0 unspecified atom stereocenters. The Kier molecular flexibility index (Phi) is 6.55. The molecule has 4 nitrogen and oxygen atoms in total. The van der Waals surface area contributed by atoms with Gasteiger partial charge in [-0.2, -0.15) is 0 Å². The minimum atomic E-state index is -0.270. The molecule has 0 aliphatic rings. The summed E-state index contributed by atoms with van der Waals surface area (Å²) >= 11 is 6.81. The Morgan fingerprint density at radius 1 is 1.26 bits per heavy atom. The second-order valence-electron chi connectivity index (χ2n) is 5.42. The van der Waals surface area contributed by atoms with E-state index >= 15 is 0 Å². The quantitative estimate of drug-likeness (QED) is 0.784. The Balaban J connectivity index is 1.93. The molecule has 0 radical (unpaired) electrons. The molecular formula is C17H20N2O2S2. The molecule has 0 saturated heterocycles. The Morgan fingerprint density at radius 2 is 2.04 bits per heavy atom. The van der Waals surface area contributed by atoms with Crippen LogP contribution in [0.15, 0.2) is 41.8 Å². The lowest BCUT2D eigenvalue weighted by Gasteiger charge is -2.13. The van der Waals surface area contributed by atoms with Crippen LogP contribution in [0, 0.1) is 5.92 Å². The summed E-state index contributed by atoms with van der Waals surface area (Å²) < 4.78 is 5.70. The molecule has 0 saturated carbocycles. The highest BCUT2D eigenvalue weighted by molar-refractivity contribution is 7.80. The number of rotatable bonds is 6. The molecule has 2 N–H and O–H groups in total. The maximum atomic E-state index is 12.4. The van der Waals surface area contributed by atoms with Crippen LogP contribution >= 0.6 is 23.6 Å². The summed E-state index contributed by atoms with van der Waals surface area (Å²) in [4.78, 5) is 13.5. The Hall–Kier alpha value is -1.92. The zero-order chi connectivity index (χ0) is 16.7. The van der Waals surface area contributed by atoms with E-state index in [4.69, 9.17) is 17.0 Å². The van der Waals surface area contributed by atoms with Gasteiger partial charge in [-0.15, -0.1) is 11.3 Å². The fraction of sp³-hybridized carbons (Fsp3) is 0.294. The van der Waals surface area contributed by atoms with E-state index in [1.807, 2.05) is 23.6 Å². The van der Waals surface area contributed by atoms with Crippen LogP contribution in [-0.4, -0.2) is 17.6 Å². The van der Waals surface area contributed by atoms with Crippen molar-refractivity contribution in [2.24, 2.45) is 5.92 Å². The number of carbonyl (C=O) groups is 1. The van der Waals surface area contributed by atoms with Gasteiger partial charge in [-0.1, -0.05) is 32.0 Å². The molecule has 0 fully saturated rings. The average Bonchev–Trinajstić information content (AvgIpc) is 3.04. The predicted octanol–water partition coefficient (Wildman–Crippen LogP) is 3.59. The van der Waals surface area contributed by atoms with E-state index in [9.17, 15) is 4.79 Å². The van der Waals surface area contributed by atoms with Crippen LogP contribution in [0.3, 0.4) is 0 Å². The highest BCUT2D eigenvalue weighted by Crippen LogP contribution is 2.18. The monoisotopic (exact) mass is 348 g/mol. The number of benzene rings is 1. The van der Waals surface area contributed by atoms with Crippen molar-refractivity contribution in [1.82, 2.24) is 10.6 Å². The summed E-state index contributed by atoms with van der Waals surface area (Å²) in [5, 5.41) is 8.03. The van der Waals surface area contributed by atoms with Crippen molar-refractivity contribution < 1.29 is 9.53 Å². The Bertz CT molecular complexity index is 654. The summed E-state index contributed by atoms with van der Waals surface area (Å²) in [6, 6.07) is 11.2. The number of amides is 1. The van der Waals surface area contributed by atoms with Crippen LogP contribution in [0.4, 0.5) is 0 Å². The Labute approximate surface area is 145 Å². The van der Waals surface area contributed by atoms with E-state index in [-0.39, 0.29) is 5.91 Å². The van der Waals surface area contributed by atoms with Crippen molar-refractivity contribution in [1.29, 1.82) is 0 Å². The highest BCUT2D eigenvalue weighted by Gasteiger charge is 2.13. The van der Waals surface area contributed by atoms with Crippen LogP contribution in [0.25, 0.3) is 0 Å². The van der Waals surface area contributed by atoms with E-state index in [1.165, 1.54) is 0 Å². The van der Waals surface area contributed by atoms with Gasteiger partial charge in [0.2, 0.25) is 0 Å². The zero-order valence-corrected chi connectivity index (χ0v) is 14.8. The maximum absolute atomic E-state index is 12.4. The lowest BCUT2D eigenvalue weighted by molar-refractivity contribution is 0.0972. The van der Waals surface area contributed by atoms with Crippen molar-refractivity contribution in [3.8, 4) is 5.75 Å². The van der Waals surface area contributed by atoms with Gasteiger partial charge in [-0.25, -0.2) is 0 Å². The average molecular weight is 348 g/mol. The molecule has 0 spiro atoms. The molecule has 1 heterocycles. The van der Waals surface area contributed by atoms with Gasteiger partial charge in [0.05, 0.1) is 18.7 Å². The second-order valence-corrected chi connectivity index (χ2v) is 6.86. The molecule has 122 valence electrons. The number of thiocarbonyl (C=S) groups is 1. The van der Waals surface area contributed by atoms with Gasteiger partial charge in [0.1, 0.15) is 5.75 Å². The third-order valence-electron chi connectivity index (χ3n) is 2.93. The van der Waals surface area contributed by atoms with Gasteiger partial charge in [0.15, 0.2) is 5.11 Å². The van der Waals surface area contributed by atoms with Crippen molar-refractivity contribution in [2.75, 3.05) is 6.61 Å². The molecule has 0 bridgehead atoms. The third-order valence-corrected chi connectivity index (χ3v) is 4.06. The molecule has 2 rings (SSSR count). The fourth-order valence-electron chi connectivity index (χ4n) is 1.83. The predicted molar refractivity (Wildman–Crippen MR) is 98.0 cm³/mol. The minimum Gasteiger partial charge on any atom is -0.492 e. The van der Waals surface area contributed by atoms with E-state index in [0.717, 1.165) is 4.88 Å². The number of ether oxygens (including phenoxy) is 1. The summed E-state index contributed by atoms with van der Waals surface area (Å²) in [5.74, 6) is 0.687. The second kappa shape index (κ2) is 8.64. The summed E-state index contributed by atoms with van der Waals surface area (Å²) in [6.45, 7) is 5.28. The third kappa shape index (κ3) is 5.65. The number of carbonyl (C=O) groups excluding carboxylic acids is 1. The van der Waals surface area contributed by atoms with E-state index < -0.39 is 0 Å². The van der Waals surface area contributed by atoms with Crippen molar-refractivity contribution in [2.45, 2.75) is 20.4 Å². The standard InChI is InChI=1S/C17H20N2O2S2/c1-12(2)11-21-15-8-4-3-7-14(15)16(20)19-17(22)18-10-13-6-5-9-23-13/h3-9,12H,10-11H2,1-2H3,(H2,18,19,20,22). The Morgan fingerprint density at radius 3 is 2.74 bits per heavy atom. The molecule has 23 heavy (non-hydrogen) atoms. The van der Waals surface area contributed by atoms with Crippen molar-refractivity contribution in [3.05, 3.63) is 52.2 Å². The van der Waals surface area contributed by atoms with Crippen LogP contribution in [-0.2, 0) is 6.54 Å². The van der Waals surface area contributed by atoms with Gasteiger partial charge in [-0.05, 0) is 41.7 Å². The molecule has 1 amide bonds. The first-order chi connectivity index (χ1) is 11.1. The first-order valence-corrected chi connectivity index (χ1v) is 8.68. The molecule has 1 aromatic carbocycles. The minimum absolute atomic E-state index is 0.270. The smallest absolute Gasteiger partial charge is 0.261 e. The molecule has 0 atom stereocenters. The molecule has 2 aromatic rings. The topological polar surface area (TPSA) is 50.4 Å². The van der Waals surface area contributed by atoms with Crippen LogP contribution in [0.5, 0.6) is 5.75 Å². The maximum Gasteiger partial charge on any atom is 0.261 e. The number of para-hydroxylation sites is 1. The summed E-state index contributed by atoms with van der Waals surface area (Å²) in [7, 11) is 0. The van der Waals surface area contributed by atoms with Gasteiger partial charge in [0, 0.05) is 4.88 Å². The van der Waals surface area contributed by atoms with Crippen molar-refractivity contribution in [3.63, 3.8) is 0 Å². The zero-order valence-electron chi connectivity index (χ0n) is 13.2. The first-order valence-electron chi connectivity index (χ1n) is 7.39. The number of hydrogen-bond acceptors (Lipinski definition) is 4. The van der Waals surface area contributed by atoms with E-state index in [0.29, 0.717) is 35.5 Å².